The van der Waals surface area contributed by atoms with Crippen LogP contribution in [0.1, 0.15) is 142 Å². The highest BCUT2D eigenvalue weighted by molar-refractivity contribution is 7.47. The van der Waals surface area contributed by atoms with Gasteiger partial charge in [0.15, 0.2) is 6.10 Å². The molecule has 0 heterocycles. The molecule has 2 atom stereocenters. The Morgan fingerprint density at radius 3 is 1.65 bits per heavy atom. The quantitative estimate of drug-likeness (QED) is 0.0282. The molecule has 3 N–H and O–H groups in total. The van der Waals surface area contributed by atoms with Gasteiger partial charge in [0.25, 0.3) is 0 Å². The number of esters is 2. The van der Waals surface area contributed by atoms with E-state index in [2.05, 4.69) is 86.8 Å². The van der Waals surface area contributed by atoms with E-state index < -0.39 is 32.5 Å². The highest BCUT2D eigenvalue weighted by Gasteiger charge is 2.25. The Hall–Kier alpha value is -2.55. The fourth-order valence-electron chi connectivity index (χ4n) is 4.71. The van der Waals surface area contributed by atoms with Gasteiger partial charge >= 0.3 is 19.8 Å². The second kappa shape index (κ2) is 37.2. The maximum Gasteiger partial charge on any atom is 0.472 e. The molecule has 0 aliphatic heterocycles. The fraction of sp³-hybridized carbons (Fsp3) is 0.659. The summed E-state index contributed by atoms with van der Waals surface area (Å²) in [6, 6.07) is 0. The number of phosphoric ester groups is 1. The van der Waals surface area contributed by atoms with Gasteiger partial charge in [0.2, 0.25) is 0 Å². The average Bonchev–Trinajstić information content (AvgIpc) is 3.11. The zero-order valence-electron chi connectivity index (χ0n) is 31.8. The van der Waals surface area contributed by atoms with Crippen molar-refractivity contribution in [3.05, 3.63) is 72.9 Å². The number of carbonyl (C=O) groups excluding carboxylic acids is 2. The van der Waals surface area contributed by atoms with Crippen LogP contribution in [0.25, 0.3) is 0 Å². The number of ether oxygens (including phenoxy) is 2. The molecular weight excluding hydrogens is 665 g/mol. The first-order valence-electron chi connectivity index (χ1n) is 19.4. The molecule has 0 aliphatic rings. The first-order valence-corrected chi connectivity index (χ1v) is 20.9. The standard InChI is InChI=1S/C41H70NO8P/c1-3-5-7-9-11-13-15-17-19-21-23-25-27-29-31-33-40(43)47-37-39(38-49-51(45,46)48-36-35-42)50-41(44)34-32-30-28-26-24-22-20-18-16-14-12-10-8-6-4-2/h6,8,11-14,17-20,23,25,39H,3-5,7,9-10,15-16,21-22,24,26-38,42H2,1-2H3,(H,45,46)/t39-/m1/s1. The van der Waals surface area contributed by atoms with Crippen LogP contribution in [-0.2, 0) is 32.7 Å². The van der Waals surface area contributed by atoms with Gasteiger partial charge in [-0.25, -0.2) is 4.57 Å². The predicted molar refractivity (Wildman–Crippen MR) is 210 cm³/mol. The van der Waals surface area contributed by atoms with E-state index in [0.29, 0.717) is 12.8 Å². The molecule has 0 bridgehead atoms. The lowest BCUT2D eigenvalue weighted by Crippen LogP contribution is -2.29. The van der Waals surface area contributed by atoms with Gasteiger partial charge in [0, 0.05) is 19.4 Å². The van der Waals surface area contributed by atoms with Crippen LogP contribution in [0.4, 0.5) is 0 Å². The van der Waals surface area contributed by atoms with Crippen LogP contribution < -0.4 is 5.73 Å². The van der Waals surface area contributed by atoms with E-state index in [4.69, 9.17) is 24.3 Å². The third-order valence-electron chi connectivity index (χ3n) is 7.58. The predicted octanol–water partition coefficient (Wildman–Crippen LogP) is 10.7. The third kappa shape index (κ3) is 37.0. The van der Waals surface area contributed by atoms with Gasteiger partial charge in [-0.05, 0) is 83.5 Å². The lowest BCUT2D eigenvalue weighted by molar-refractivity contribution is -0.161. The van der Waals surface area contributed by atoms with Gasteiger partial charge in [0.1, 0.15) is 6.61 Å². The maximum absolute atomic E-state index is 12.5. The number of allylic oxidation sites excluding steroid dienone is 12. The monoisotopic (exact) mass is 735 g/mol. The van der Waals surface area contributed by atoms with Crippen molar-refractivity contribution in [3.8, 4) is 0 Å². The topological polar surface area (TPSA) is 134 Å². The molecule has 0 aromatic rings. The van der Waals surface area contributed by atoms with E-state index in [1.54, 1.807) is 0 Å². The molecule has 0 rings (SSSR count). The Morgan fingerprint density at radius 1 is 0.608 bits per heavy atom. The van der Waals surface area contributed by atoms with Gasteiger partial charge < -0.3 is 20.1 Å². The molecule has 0 saturated heterocycles. The third-order valence-corrected chi connectivity index (χ3v) is 8.56. The van der Waals surface area contributed by atoms with Crippen molar-refractivity contribution in [2.75, 3.05) is 26.4 Å². The summed E-state index contributed by atoms with van der Waals surface area (Å²) in [5.74, 6) is -0.902. The molecule has 0 saturated carbocycles. The van der Waals surface area contributed by atoms with Gasteiger partial charge in [-0.1, -0.05) is 119 Å². The van der Waals surface area contributed by atoms with Crippen molar-refractivity contribution in [2.24, 2.45) is 5.73 Å². The van der Waals surface area contributed by atoms with Gasteiger partial charge in [0.05, 0.1) is 13.2 Å². The summed E-state index contributed by atoms with van der Waals surface area (Å²) in [6.07, 6.45) is 43.6. The molecule has 0 aromatic heterocycles. The summed E-state index contributed by atoms with van der Waals surface area (Å²) < 4.78 is 32.6. The van der Waals surface area contributed by atoms with Crippen LogP contribution in [0.5, 0.6) is 0 Å². The summed E-state index contributed by atoms with van der Waals surface area (Å²) in [5.41, 5.74) is 5.33. The van der Waals surface area contributed by atoms with E-state index in [-0.39, 0.29) is 32.6 Å². The SMILES string of the molecule is CCC=CCC=CCC=CCCCCCCCC(=O)O[C@H](COC(=O)CCCCC=CCC=CCC=CCCCCC)COP(=O)(O)OCCN. The molecule has 0 spiro atoms. The Kier molecular flexibility index (Phi) is 35.4. The van der Waals surface area contributed by atoms with Crippen LogP contribution in [0, 0.1) is 0 Å². The Balaban J connectivity index is 4.33. The maximum atomic E-state index is 12.5. The Morgan fingerprint density at radius 2 is 1.08 bits per heavy atom. The Bertz CT molecular complexity index is 1070. The smallest absolute Gasteiger partial charge is 0.462 e. The number of carbonyl (C=O) groups is 2. The Labute approximate surface area is 310 Å². The van der Waals surface area contributed by atoms with Crippen molar-refractivity contribution < 1.29 is 37.6 Å². The zero-order chi connectivity index (χ0) is 37.5. The minimum absolute atomic E-state index is 0.0413. The molecule has 1 unspecified atom stereocenters. The summed E-state index contributed by atoms with van der Waals surface area (Å²) in [4.78, 5) is 34.7. The number of rotatable bonds is 35. The van der Waals surface area contributed by atoms with E-state index in [1.165, 1.54) is 19.3 Å². The van der Waals surface area contributed by atoms with Crippen LogP contribution in [0.15, 0.2) is 72.9 Å². The van der Waals surface area contributed by atoms with Crippen molar-refractivity contribution in [3.63, 3.8) is 0 Å². The second-order valence-corrected chi connectivity index (χ2v) is 13.9. The molecule has 51 heavy (non-hydrogen) atoms. The van der Waals surface area contributed by atoms with Crippen LogP contribution in [0.3, 0.4) is 0 Å². The number of hydrogen-bond acceptors (Lipinski definition) is 8. The summed E-state index contributed by atoms with van der Waals surface area (Å²) in [6.45, 7) is 3.49. The fourth-order valence-corrected chi connectivity index (χ4v) is 5.48. The van der Waals surface area contributed by atoms with Crippen molar-refractivity contribution in [1.82, 2.24) is 0 Å². The van der Waals surface area contributed by atoms with Crippen molar-refractivity contribution in [2.45, 2.75) is 148 Å². The minimum Gasteiger partial charge on any atom is -0.462 e. The molecule has 0 aliphatic carbocycles. The minimum atomic E-state index is -4.39. The molecule has 0 aromatic carbocycles. The highest BCUT2D eigenvalue weighted by atomic mass is 31.2. The van der Waals surface area contributed by atoms with Crippen molar-refractivity contribution in [1.29, 1.82) is 0 Å². The molecule has 0 amide bonds. The van der Waals surface area contributed by atoms with Gasteiger partial charge in [-0.2, -0.15) is 0 Å². The van der Waals surface area contributed by atoms with Crippen LogP contribution in [-0.4, -0.2) is 49.3 Å². The number of phosphoric acid groups is 1. The van der Waals surface area contributed by atoms with Gasteiger partial charge in [-0.15, -0.1) is 0 Å². The van der Waals surface area contributed by atoms with Crippen molar-refractivity contribution >= 4 is 19.8 Å². The second-order valence-electron chi connectivity index (χ2n) is 12.4. The van der Waals surface area contributed by atoms with Crippen LogP contribution >= 0.6 is 7.82 Å². The van der Waals surface area contributed by atoms with E-state index in [1.807, 2.05) is 0 Å². The average molecular weight is 736 g/mol. The first-order chi connectivity index (χ1) is 24.8. The van der Waals surface area contributed by atoms with E-state index in [0.717, 1.165) is 83.5 Å². The normalized spacial score (nSPS) is 14.2. The molecule has 0 radical (unpaired) electrons. The molecular formula is C41H70NO8P. The highest BCUT2D eigenvalue weighted by Crippen LogP contribution is 2.43. The summed E-state index contributed by atoms with van der Waals surface area (Å²) in [5, 5.41) is 0. The number of nitrogens with two attached hydrogens (primary N) is 1. The van der Waals surface area contributed by atoms with Crippen LogP contribution in [0.2, 0.25) is 0 Å². The molecule has 0 fully saturated rings. The number of unbranched alkanes of at least 4 members (excludes halogenated alkanes) is 10. The summed E-state index contributed by atoms with van der Waals surface area (Å²) in [7, 11) is -4.39. The lowest BCUT2D eigenvalue weighted by Gasteiger charge is -2.19. The first kappa shape index (κ1) is 48.5. The zero-order valence-corrected chi connectivity index (χ0v) is 32.7. The summed E-state index contributed by atoms with van der Waals surface area (Å²) >= 11 is 0. The number of hydrogen-bond donors (Lipinski definition) is 2. The van der Waals surface area contributed by atoms with E-state index in [9.17, 15) is 19.0 Å². The molecule has 10 heteroatoms. The lowest BCUT2D eigenvalue weighted by atomic mass is 10.1. The van der Waals surface area contributed by atoms with Gasteiger partial charge in [-0.3, -0.25) is 18.6 Å². The molecule has 292 valence electrons. The largest absolute Gasteiger partial charge is 0.472 e. The van der Waals surface area contributed by atoms with E-state index >= 15 is 0 Å². The molecule has 9 nitrogen and oxygen atoms in total.